The Balaban J connectivity index is 3.31. The lowest BCUT2D eigenvalue weighted by atomic mass is 10.3. The van der Waals surface area contributed by atoms with Crippen molar-refractivity contribution in [3.05, 3.63) is 22.4 Å². The first kappa shape index (κ1) is 3.56. The van der Waals surface area contributed by atoms with Gasteiger partial charge in [-0.05, 0) is 28.8 Å². The molecule has 1 aromatic heterocycles. The third-order valence-corrected chi connectivity index (χ3v) is 1.54. The standard InChI is InChI=1S/C6H7BrN2/c1-4-5(8)2-3-9-6(4)7/h2-3H,1H3,(H2,8,9)/i1D3. The summed E-state index contributed by atoms with van der Waals surface area (Å²) < 4.78 is 21.7. The van der Waals surface area contributed by atoms with Gasteiger partial charge in [0.2, 0.25) is 0 Å². The van der Waals surface area contributed by atoms with Crippen LogP contribution >= 0.6 is 15.9 Å². The lowest BCUT2D eigenvalue weighted by molar-refractivity contribution is 1.22. The number of rotatable bonds is 0. The predicted molar refractivity (Wildman–Crippen MR) is 41.1 cm³/mol. The van der Waals surface area contributed by atoms with Crippen molar-refractivity contribution in [2.75, 3.05) is 5.73 Å². The van der Waals surface area contributed by atoms with Gasteiger partial charge in [-0.3, -0.25) is 0 Å². The van der Waals surface area contributed by atoms with Gasteiger partial charge in [-0.2, -0.15) is 0 Å². The van der Waals surface area contributed by atoms with Crippen molar-refractivity contribution in [1.82, 2.24) is 4.98 Å². The van der Waals surface area contributed by atoms with E-state index in [-0.39, 0.29) is 15.9 Å². The molecule has 0 spiro atoms. The highest BCUT2D eigenvalue weighted by Gasteiger charge is 1.95. The van der Waals surface area contributed by atoms with Crippen LogP contribution in [0.25, 0.3) is 0 Å². The van der Waals surface area contributed by atoms with E-state index in [2.05, 4.69) is 20.9 Å². The number of nitrogen functional groups attached to an aromatic ring is 1. The highest BCUT2D eigenvalue weighted by molar-refractivity contribution is 9.10. The van der Waals surface area contributed by atoms with Crippen molar-refractivity contribution in [3.63, 3.8) is 0 Å². The van der Waals surface area contributed by atoms with Gasteiger partial charge in [0.25, 0.3) is 0 Å². The SMILES string of the molecule is [2H]C([2H])([2H])c1c(N)ccnc1Br. The Morgan fingerprint density at radius 3 is 3.11 bits per heavy atom. The summed E-state index contributed by atoms with van der Waals surface area (Å²) in [5.74, 6) is 0. The fourth-order valence-electron chi connectivity index (χ4n) is 0.450. The van der Waals surface area contributed by atoms with Crippen molar-refractivity contribution in [1.29, 1.82) is 0 Å². The third kappa shape index (κ3) is 1.21. The van der Waals surface area contributed by atoms with Crippen molar-refractivity contribution in [2.45, 2.75) is 6.85 Å². The van der Waals surface area contributed by atoms with Crippen LogP contribution in [-0.2, 0) is 0 Å². The van der Waals surface area contributed by atoms with Crippen LogP contribution in [0.2, 0.25) is 0 Å². The van der Waals surface area contributed by atoms with Crippen LogP contribution in [0.4, 0.5) is 5.69 Å². The topological polar surface area (TPSA) is 38.9 Å². The van der Waals surface area contributed by atoms with Crippen LogP contribution in [0.1, 0.15) is 9.68 Å². The first-order valence-electron chi connectivity index (χ1n) is 3.83. The normalized spacial score (nSPS) is 15.9. The quantitative estimate of drug-likeness (QED) is 0.632. The molecule has 1 aromatic rings. The van der Waals surface area contributed by atoms with Gasteiger partial charge >= 0.3 is 0 Å². The van der Waals surface area contributed by atoms with Crippen LogP contribution in [0.3, 0.4) is 0 Å². The highest BCUT2D eigenvalue weighted by atomic mass is 79.9. The number of anilines is 1. The molecule has 0 saturated heterocycles. The van der Waals surface area contributed by atoms with Crippen LogP contribution in [0.15, 0.2) is 16.9 Å². The lowest BCUT2D eigenvalue weighted by Crippen LogP contribution is -1.90. The molecule has 3 heteroatoms. The summed E-state index contributed by atoms with van der Waals surface area (Å²) in [6.07, 6.45) is 1.45. The monoisotopic (exact) mass is 189 g/mol. The van der Waals surface area contributed by atoms with Gasteiger partial charge in [0.05, 0.1) is 0 Å². The molecule has 0 unspecified atom stereocenters. The molecular weight excluding hydrogens is 180 g/mol. The second-order valence-electron chi connectivity index (χ2n) is 1.57. The van der Waals surface area contributed by atoms with Crippen LogP contribution in [0.5, 0.6) is 0 Å². The number of hydrogen-bond donors (Lipinski definition) is 1. The van der Waals surface area contributed by atoms with Gasteiger partial charge < -0.3 is 5.73 Å². The molecule has 0 amide bonds. The van der Waals surface area contributed by atoms with E-state index in [1.807, 2.05) is 0 Å². The summed E-state index contributed by atoms with van der Waals surface area (Å²) in [4.78, 5) is 3.78. The molecular formula is C6H7BrN2. The molecule has 1 heterocycles. The zero-order chi connectivity index (χ0) is 9.35. The van der Waals surface area contributed by atoms with Crippen LogP contribution < -0.4 is 5.73 Å². The maximum absolute atomic E-state index is 7.14. The van der Waals surface area contributed by atoms with Gasteiger partial charge in [0, 0.05) is 21.6 Å². The fraction of sp³-hybridized carbons (Fsp3) is 0.167. The maximum Gasteiger partial charge on any atom is 0.111 e. The van der Waals surface area contributed by atoms with Crippen LogP contribution in [0, 0.1) is 6.85 Å². The average Bonchev–Trinajstić information content (AvgIpc) is 1.82. The predicted octanol–water partition coefficient (Wildman–Crippen LogP) is 1.73. The van der Waals surface area contributed by atoms with E-state index >= 15 is 0 Å². The first-order valence-corrected chi connectivity index (χ1v) is 3.12. The van der Waals surface area contributed by atoms with Crippen molar-refractivity contribution in [2.24, 2.45) is 0 Å². The number of nitrogens with zero attached hydrogens (tertiary/aromatic N) is 1. The molecule has 1 rings (SSSR count). The number of hydrogen-bond acceptors (Lipinski definition) is 2. The third-order valence-electron chi connectivity index (χ3n) is 0.937. The molecule has 0 bridgehead atoms. The second kappa shape index (κ2) is 2.35. The summed E-state index contributed by atoms with van der Waals surface area (Å²) in [6, 6.07) is 1.46. The minimum absolute atomic E-state index is 0.0741. The van der Waals surface area contributed by atoms with Gasteiger partial charge in [0.1, 0.15) is 4.60 Å². The Morgan fingerprint density at radius 1 is 1.89 bits per heavy atom. The van der Waals surface area contributed by atoms with Crippen LogP contribution in [-0.4, -0.2) is 4.98 Å². The fourth-order valence-corrected chi connectivity index (χ4v) is 0.797. The van der Waals surface area contributed by atoms with Gasteiger partial charge in [-0.1, -0.05) is 0 Å². The van der Waals surface area contributed by atoms with Gasteiger partial charge in [-0.15, -0.1) is 0 Å². The molecule has 2 N–H and O–H groups in total. The molecule has 0 aliphatic carbocycles. The van der Waals surface area contributed by atoms with Crippen molar-refractivity contribution < 1.29 is 4.11 Å². The Morgan fingerprint density at radius 2 is 2.67 bits per heavy atom. The van der Waals surface area contributed by atoms with Crippen molar-refractivity contribution in [3.8, 4) is 0 Å². The molecule has 0 aliphatic rings. The number of aromatic nitrogens is 1. The number of halogens is 1. The smallest absolute Gasteiger partial charge is 0.111 e. The highest BCUT2D eigenvalue weighted by Crippen LogP contribution is 2.17. The molecule has 48 valence electrons. The molecule has 0 atom stereocenters. The molecule has 0 aromatic carbocycles. The number of nitrogens with two attached hydrogens (primary N) is 1. The summed E-state index contributed by atoms with van der Waals surface area (Å²) in [5, 5.41) is 0. The van der Waals surface area contributed by atoms with E-state index in [0.29, 0.717) is 0 Å². The molecule has 0 radical (unpaired) electrons. The molecule has 9 heavy (non-hydrogen) atoms. The van der Waals surface area contributed by atoms with E-state index < -0.39 is 6.85 Å². The van der Waals surface area contributed by atoms with E-state index in [1.54, 1.807) is 0 Å². The van der Waals surface area contributed by atoms with E-state index in [9.17, 15) is 0 Å². The van der Waals surface area contributed by atoms with Gasteiger partial charge in [-0.25, -0.2) is 4.98 Å². The summed E-state index contributed by atoms with van der Waals surface area (Å²) in [5.41, 5.74) is 5.78. The lowest BCUT2D eigenvalue weighted by Gasteiger charge is -1.98. The van der Waals surface area contributed by atoms with E-state index in [4.69, 9.17) is 9.85 Å². The molecule has 0 fully saturated rings. The summed E-state index contributed by atoms with van der Waals surface area (Å²) in [7, 11) is 0. The number of pyridine rings is 1. The minimum atomic E-state index is -2.21. The van der Waals surface area contributed by atoms with E-state index in [0.717, 1.165) is 0 Å². The summed E-state index contributed by atoms with van der Waals surface area (Å²) in [6.45, 7) is -2.21. The Labute approximate surface area is 66.4 Å². The van der Waals surface area contributed by atoms with E-state index in [1.165, 1.54) is 12.3 Å². The van der Waals surface area contributed by atoms with Crippen molar-refractivity contribution >= 4 is 21.6 Å². The first-order chi connectivity index (χ1) is 5.43. The Kier molecular flexibility index (Phi) is 0.931. The molecule has 0 aliphatic heterocycles. The Hall–Kier alpha value is -0.570. The zero-order valence-electron chi connectivity index (χ0n) is 7.56. The molecule has 2 nitrogen and oxygen atoms in total. The largest absolute Gasteiger partial charge is 0.398 e. The minimum Gasteiger partial charge on any atom is -0.398 e. The zero-order valence-corrected chi connectivity index (χ0v) is 6.14. The maximum atomic E-state index is 7.14. The second-order valence-corrected chi connectivity index (χ2v) is 2.32. The summed E-state index contributed by atoms with van der Waals surface area (Å²) >= 11 is 3.03. The molecule has 0 saturated carbocycles. The van der Waals surface area contributed by atoms with Gasteiger partial charge in [0.15, 0.2) is 0 Å². The Bertz CT molecular complexity index is 277. The average molecular weight is 190 g/mol.